The molecule has 1 aromatic heterocycles. The van der Waals surface area contributed by atoms with Gasteiger partial charge in [-0.05, 0) is 6.07 Å². The standard InChI is InChI=1S/C6H8N4O/c1-7-10-6(11)5-8-3-2-4-9-5/h2-4,7H,1H3,(H,10,11). The minimum absolute atomic E-state index is 0.154. The summed E-state index contributed by atoms with van der Waals surface area (Å²) in [6, 6.07) is 1.65. The van der Waals surface area contributed by atoms with Crippen LogP contribution in [0.15, 0.2) is 18.5 Å². The molecule has 0 bridgehead atoms. The van der Waals surface area contributed by atoms with Gasteiger partial charge in [-0.15, -0.1) is 0 Å². The first kappa shape index (κ1) is 7.62. The third-order valence-corrected chi connectivity index (χ3v) is 1.01. The van der Waals surface area contributed by atoms with Crippen molar-refractivity contribution in [2.45, 2.75) is 0 Å². The first-order valence-electron chi connectivity index (χ1n) is 3.08. The Kier molecular flexibility index (Phi) is 2.51. The molecule has 0 aliphatic heterocycles. The predicted octanol–water partition coefficient (Wildman–Crippen LogP) is -0.659. The van der Waals surface area contributed by atoms with E-state index in [-0.39, 0.29) is 11.7 Å². The summed E-state index contributed by atoms with van der Waals surface area (Å²) in [5.74, 6) is -0.185. The Balaban J connectivity index is 2.69. The van der Waals surface area contributed by atoms with E-state index in [0.717, 1.165) is 0 Å². The van der Waals surface area contributed by atoms with Crippen molar-refractivity contribution in [3.8, 4) is 0 Å². The third-order valence-electron chi connectivity index (χ3n) is 1.01. The molecule has 0 fully saturated rings. The highest BCUT2D eigenvalue weighted by Gasteiger charge is 2.04. The Bertz CT molecular complexity index is 236. The maximum absolute atomic E-state index is 10.9. The number of carbonyl (C=O) groups is 1. The van der Waals surface area contributed by atoms with Gasteiger partial charge >= 0.3 is 5.91 Å². The van der Waals surface area contributed by atoms with E-state index in [1.165, 1.54) is 12.4 Å². The molecule has 1 heterocycles. The molecule has 0 unspecified atom stereocenters. The van der Waals surface area contributed by atoms with Crippen molar-refractivity contribution in [3.63, 3.8) is 0 Å². The van der Waals surface area contributed by atoms with E-state index in [9.17, 15) is 4.79 Å². The van der Waals surface area contributed by atoms with Crippen LogP contribution in [0, 0.1) is 0 Å². The monoisotopic (exact) mass is 152 g/mol. The Morgan fingerprint density at radius 1 is 1.45 bits per heavy atom. The number of carbonyl (C=O) groups excluding carboxylic acids is 1. The second-order valence-electron chi connectivity index (χ2n) is 1.78. The van der Waals surface area contributed by atoms with Gasteiger partial charge in [0.15, 0.2) is 0 Å². The minimum Gasteiger partial charge on any atom is -0.285 e. The van der Waals surface area contributed by atoms with Gasteiger partial charge in [0, 0.05) is 19.4 Å². The molecule has 1 aromatic rings. The zero-order valence-electron chi connectivity index (χ0n) is 6.03. The van der Waals surface area contributed by atoms with Crippen LogP contribution in [0.3, 0.4) is 0 Å². The third kappa shape index (κ3) is 1.98. The summed E-state index contributed by atoms with van der Waals surface area (Å²) in [6.45, 7) is 0. The lowest BCUT2D eigenvalue weighted by molar-refractivity contribution is 0.0927. The van der Waals surface area contributed by atoms with Gasteiger partial charge in [-0.25, -0.2) is 15.4 Å². The zero-order valence-corrected chi connectivity index (χ0v) is 6.03. The maximum atomic E-state index is 10.9. The highest BCUT2D eigenvalue weighted by molar-refractivity contribution is 5.89. The summed E-state index contributed by atoms with van der Waals surface area (Å²) in [6.07, 6.45) is 3.02. The van der Waals surface area contributed by atoms with Gasteiger partial charge in [-0.2, -0.15) is 0 Å². The average Bonchev–Trinajstić information content (AvgIpc) is 2.07. The van der Waals surface area contributed by atoms with E-state index in [2.05, 4.69) is 20.8 Å². The molecule has 0 saturated carbocycles. The van der Waals surface area contributed by atoms with Crippen molar-refractivity contribution in [2.75, 3.05) is 7.05 Å². The van der Waals surface area contributed by atoms with Crippen LogP contribution in [0.4, 0.5) is 0 Å². The number of hydrogen-bond acceptors (Lipinski definition) is 4. The lowest BCUT2D eigenvalue weighted by atomic mass is 10.5. The van der Waals surface area contributed by atoms with Crippen molar-refractivity contribution in [2.24, 2.45) is 0 Å². The van der Waals surface area contributed by atoms with E-state index in [0.29, 0.717) is 0 Å². The minimum atomic E-state index is -0.340. The normalized spacial score (nSPS) is 9.18. The molecule has 58 valence electrons. The summed E-state index contributed by atoms with van der Waals surface area (Å²) in [4.78, 5) is 18.4. The van der Waals surface area contributed by atoms with Gasteiger partial charge in [0.2, 0.25) is 5.82 Å². The van der Waals surface area contributed by atoms with Crippen LogP contribution in [0.25, 0.3) is 0 Å². The smallest absolute Gasteiger partial charge is 0.285 e. The fraction of sp³-hybridized carbons (Fsp3) is 0.167. The van der Waals surface area contributed by atoms with Crippen molar-refractivity contribution in [1.82, 2.24) is 20.8 Å². The molecule has 5 nitrogen and oxygen atoms in total. The molecule has 1 rings (SSSR count). The van der Waals surface area contributed by atoms with Crippen LogP contribution in [0.1, 0.15) is 10.6 Å². The number of nitrogens with one attached hydrogen (secondary N) is 2. The van der Waals surface area contributed by atoms with E-state index in [1.807, 2.05) is 0 Å². The topological polar surface area (TPSA) is 66.9 Å². The molecule has 5 heteroatoms. The fourth-order valence-corrected chi connectivity index (χ4v) is 0.586. The van der Waals surface area contributed by atoms with Crippen LogP contribution in [0.2, 0.25) is 0 Å². The molecule has 0 spiro atoms. The lowest BCUT2D eigenvalue weighted by Gasteiger charge is -1.98. The van der Waals surface area contributed by atoms with Crippen LogP contribution < -0.4 is 10.9 Å². The maximum Gasteiger partial charge on any atom is 0.303 e. The number of rotatable bonds is 2. The average molecular weight is 152 g/mol. The number of hydrazine groups is 1. The Morgan fingerprint density at radius 2 is 2.09 bits per heavy atom. The summed E-state index contributed by atoms with van der Waals surface area (Å²) >= 11 is 0. The van der Waals surface area contributed by atoms with Crippen molar-refractivity contribution >= 4 is 5.91 Å². The SMILES string of the molecule is CNNC(=O)c1ncccn1. The first-order valence-corrected chi connectivity index (χ1v) is 3.08. The van der Waals surface area contributed by atoms with Crippen LogP contribution in [-0.4, -0.2) is 22.9 Å². The van der Waals surface area contributed by atoms with E-state index >= 15 is 0 Å². The molecule has 11 heavy (non-hydrogen) atoms. The van der Waals surface area contributed by atoms with Gasteiger partial charge < -0.3 is 0 Å². The van der Waals surface area contributed by atoms with Crippen molar-refractivity contribution in [1.29, 1.82) is 0 Å². The Morgan fingerprint density at radius 3 is 2.64 bits per heavy atom. The first-order chi connectivity index (χ1) is 5.34. The molecular formula is C6H8N4O. The van der Waals surface area contributed by atoms with Gasteiger partial charge in [0.05, 0.1) is 0 Å². The molecule has 2 N–H and O–H groups in total. The quantitative estimate of drug-likeness (QED) is 0.552. The molecule has 0 aliphatic rings. The van der Waals surface area contributed by atoms with Gasteiger partial charge in [0.25, 0.3) is 0 Å². The summed E-state index contributed by atoms with van der Waals surface area (Å²) in [5.41, 5.74) is 4.83. The lowest BCUT2D eigenvalue weighted by Crippen LogP contribution is -2.35. The van der Waals surface area contributed by atoms with Crippen LogP contribution in [0.5, 0.6) is 0 Å². The number of aromatic nitrogens is 2. The Labute approximate surface area is 63.8 Å². The molecule has 0 radical (unpaired) electrons. The largest absolute Gasteiger partial charge is 0.303 e. The van der Waals surface area contributed by atoms with E-state index in [1.54, 1.807) is 13.1 Å². The van der Waals surface area contributed by atoms with Gasteiger partial charge in [-0.3, -0.25) is 10.2 Å². The highest BCUT2D eigenvalue weighted by Crippen LogP contribution is 1.84. The molecule has 0 saturated heterocycles. The zero-order chi connectivity index (χ0) is 8.10. The van der Waals surface area contributed by atoms with Crippen LogP contribution >= 0.6 is 0 Å². The summed E-state index contributed by atoms with van der Waals surface area (Å²) in [5, 5.41) is 0. The second kappa shape index (κ2) is 3.62. The Hall–Kier alpha value is -1.49. The number of amides is 1. The molecular weight excluding hydrogens is 144 g/mol. The van der Waals surface area contributed by atoms with Crippen LogP contribution in [-0.2, 0) is 0 Å². The van der Waals surface area contributed by atoms with Crippen molar-refractivity contribution in [3.05, 3.63) is 24.3 Å². The molecule has 0 aromatic carbocycles. The summed E-state index contributed by atoms with van der Waals surface area (Å²) in [7, 11) is 1.60. The second-order valence-corrected chi connectivity index (χ2v) is 1.78. The van der Waals surface area contributed by atoms with Gasteiger partial charge in [0.1, 0.15) is 0 Å². The predicted molar refractivity (Wildman–Crippen MR) is 38.6 cm³/mol. The highest BCUT2D eigenvalue weighted by atomic mass is 16.2. The van der Waals surface area contributed by atoms with Gasteiger partial charge in [-0.1, -0.05) is 0 Å². The number of hydrogen-bond donors (Lipinski definition) is 2. The van der Waals surface area contributed by atoms with E-state index < -0.39 is 0 Å². The van der Waals surface area contributed by atoms with E-state index in [4.69, 9.17) is 0 Å². The molecule has 1 amide bonds. The van der Waals surface area contributed by atoms with Crippen molar-refractivity contribution < 1.29 is 4.79 Å². The molecule has 0 atom stereocenters. The number of nitrogens with zero attached hydrogens (tertiary/aromatic N) is 2. The molecule has 0 aliphatic carbocycles. The fourth-order valence-electron chi connectivity index (χ4n) is 0.586. The summed E-state index contributed by atoms with van der Waals surface area (Å²) < 4.78 is 0.